The molecule has 1 atom stereocenters. The fourth-order valence-corrected chi connectivity index (χ4v) is 5.96. The van der Waals surface area contributed by atoms with Crippen LogP contribution in [0.5, 0.6) is 11.5 Å². The molecule has 0 fully saturated rings. The highest BCUT2D eigenvalue weighted by atomic mass is 32.2. The average molecular weight is 596 g/mol. The Morgan fingerprint density at radius 1 is 0.905 bits per heavy atom. The van der Waals surface area contributed by atoms with Gasteiger partial charge in [0.15, 0.2) is 11.5 Å². The molecule has 226 valence electrons. The molecule has 1 unspecified atom stereocenters. The molecule has 9 nitrogen and oxygen atoms in total. The second-order valence-electron chi connectivity index (χ2n) is 9.94. The number of nitrogens with one attached hydrogen (secondary N) is 1. The second-order valence-corrected chi connectivity index (χ2v) is 11.8. The van der Waals surface area contributed by atoms with Crippen molar-refractivity contribution >= 4 is 27.5 Å². The van der Waals surface area contributed by atoms with Gasteiger partial charge in [-0.1, -0.05) is 68.3 Å². The van der Waals surface area contributed by atoms with Crippen LogP contribution in [0.2, 0.25) is 0 Å². The minimum Gasteiger partial charge on any atom is -0.493 e. The summed E-state index contributed by atoms with van der Waals surface area (Å²) in [5, 5.41) is 2.93. The molecule has 42 heavy (non-hydrogen) atoms. The van der Waals surface area contributed by atoms with Crippen molar-refractivity contribution in [2.24, 2.45) is 0 Å². The number of rotatable bonds is 15. The molecule has 3 rings (SSSR count). The van der Waals surface area contributed by atoms with E-state index in [0.29, 0.717) is 24.5 Å². The molecule has 3 aromatic carbocycles. The summed E-state index contributed by atoms with van der Waals surface area (Å²) < 4.78 is 40.0. The quantitative estimate of drug-likeness (QED) is 0.250. The van der Waals surface area contributed by atoms with E-state index >= 15 is 0 Å². The van der Waals surface area contributed by atoms with Gasteiger partial charge in [0.1, 0.15) is 12.6 Å². The van der Waals surface area contributed by atoms with Crippen molar-refractivity contribution in [3.05, 3.63) is 83.9 Å². The molecule has 0 spiro atoms. The van der Waals surface area contributed by atoms with Crippen LogP contribution in [0.1, 0.15) is 44.2 Å². The normalized spacial score (nSPS) is 11.8. The Bertz CT molecular complexity index is 1430. The van der Waals surface area contributed by atoms with Gasteiger partial charge in [-0.25, -0.2) is 8.42 Å². The van der Waals surface area contributed by atoms with Gasteiger partial charge in [-0.15, -0.1) is 0 Å². The van der Waals surface area contributed by atoms with Crippen LogP contribution < -0.4 is 19.1 Å². The molecule has 10 heteroatoms. The van der Waals surface area contributed by atoms with E-state index < -0.39 is 28.5 Å². The van der Waals surface area contributed by atoms with E-state index in [0.717, 1.165) is 28.3 Å². The van der Waals surface area contributed by atoms with E-state index in [1.807, 2.05) is 51.1 Å². The predicted molar refractivity (Wildman–Crippen MR) is 164 cm³/mol. The zero-order chi connectivity index (χ0) is 30.7. The van der Waals surface area contributed by atoms with Gasteiger partial charge in [0, 0.05) is 19.2 Å². The van der Waals surface area contributed by atoms with E-state index in [1.165, 1.54) is 37.3 Å². The summed E-state index contributed by atoms with van der Waals surface area (Å²) in [5.41, 5.74) is 1.95. The lowest BCUT2D eigenvalue weighted by Gasteiger charge is -2.33. The summed E-state index contributed by atoms with van der Waals surface area (Å²) in [5.74, 6) is -0.0497. The van der Waals surface area contributed by atoms with Gasteiger partial charge in [-0.3, -0.25) is 13.9 Å². The average Bonchev–Trinajstić information content (AvgIpc) is 3.00. The number of carbonyl (C=O) groups is 2. The van der Waals surface area contributed by atoms with Gasteiger partial charge < -0.3 is 19.7 Å². The summed E-state index contributed by atoms with van der Waals surface area (Å²) >= 11 is 0. The molecule has 0 aliphatic carbocycles. The zero-order valence-electron chi connectivity index (χ0n) is 25.0. The van der Waals surface area contributed by atoms with Gasteiger partial charge >= 0.3 is 0 Å². The monoisotopic (exact) mass is 595 g/mol. The second kappa shape index (κ2) is 15.3. The predicted octanol–water partition coefficient (Wildman–Crippen LogP) is 4.93. The number of hydrogen-bond donors (Lipinski definition) is 1. The van der Waals surface area contributed by atoms with Crippen LogP contribution >= 0.6 is 0 Å². The van der Waals surface area contributed by atoms with Crippen molar-refractivity contribution in [1.29, 1.82) is 0 Å². The number of sulfonamides is 1. The number of amides is 2. The Balaban J connectivity index is 2.08. The van der Waals surface area contributed by atoms with Crippen LogP contribution in [0, 0.1) is 6.92 Å². The lowest BCUT2D eigenvalue weighted by molar-refractivity contribution is -0.140. The molecule has 1 N–H and O–H groups in total. The fraction of sp³-hybridized carbons (Fsp3) is 0.375. The van der Waals surface area contributed by atoms with Crippen molar-refractivity contribution in [1.82, 2.24) is 10.2 Å². The van der Waals surface area contributed by atoms with Gasteiger partial charge in [0.05, 0.1) is 24.8 Å². The maximum Gasteiger partial charge on any atom is 0.264 e. The van der Waals surface area contributed by atoms with E-state index in [2.05, 4.69) is 5.32 Å². The Morgan fingerprint density at radius 2 is 1.57 bits per heavy atom. The van der Waals surface area contributed by atoms with Gasteiger partial charge in [0.2, 0.25) is 11.8 Å². The number of hydrogen-bond acceptors (Lipinski definition) is 6. The Labute approximate surface area is 249 Å². The van der Waals surface area contributed by atoms with Crippen LogP contribution in [-0.2, 0) is 26.2 Å². The minimum absolute atomic E-state index is 0.0367. The summed E-state index contributed by atoms with van der Waals surface area (Å²) in [4.78, 5) is 28.9. The third kappa shape index (κ3) is 8.03. The summed E-state index contributed by atoms with van der Waals surface area (Å²) in [6.07, 6.45) is 2.09. The van der Waals surface area contributed by atoms with Crippen molar-refractivity contribution in [3.63, 3.8) is 0 Å². The van der Waals surface area contributed by atoms with E-state index in [-0.39, 0.29) is 23.0 Å². The van der Waals surface area contributed by atoms with Crippen LogP contribution in [0.15, 0.2) is 77.7 Å². The number of methoxy groups -OCH3 is 2. The molecule has 0 radical (unpaired) electrons. The van der Waals surface area contributed by atoms with Crippen LogP contribution in [0.4, 0.5) is 5.69 Å². The molecular weight excluding hydrogens is 554 g/mol. The first-order chi connectivity index (χ1) is 20.2. The van der Waals surface area contributed by atoms with Crippen molar-refractivity contribution in [2.75, 3.05) is 31.6 Å². The first-order valence-electron chi connectivity index (χ1n) is 14.1. The molecule has 0 saturated heterocycles. The number of aryl methyl sites for hydroxylation is 1. The van der Waals surface area contributed by atoms with Crippen molar-refractivity contribution in [2.45, 2.75) is 57.5 Å². The third-order valence-corrected chi connectivity index (χ3v) is 8.74. The molecule has 3 aromatic rings. The Kier molecular flexibility index (Phi) is 11.8. The summed E-state index contributed by atoms with van der Waals surface area (Å²) in [6, 6.07) is 19.7. The van der Waals surface area contributed by atoms with Gasteiger partial charge in [0.25, 0.3) is 10.0 Å². The van der Waals surface area contributed by atoms with Crippen molar-refractivity contribution in [3.8, 4) is 11.5 Å². The largest absolute Gasteiger partial charge is 0.493 e. The number of carbonyl (C=O) groups excluding carboxylic acids is 2. The highest BCUT2D eigenvalue weighted by molar-refractivity contribution is 7.92. The SMILES string of the molecule is CCCCNC(=O)C(CC)N(Cc1ccccc1)C(=O)CN(c1ccc(OC)c(OC)c1)S(=O)(=O)c1ccc(C)cc1. The maximum absolute atomic E-state index is 14.2. The molecule has 0 saturated carbocycles. The van der Waals surface area contributed by atoms with Crippen LogP contribution in [0.25, 0.3) is 0 Å². The zero-order valence-corrected chi connectivity index (χ0v) is 25.8. The molecular formula is C32H41N3O6S. The number of anilines is 1. The van der Waals surface area contributed by atoms with E-state index in [1.54, 1.807) is 24.3 Å². The molecule has 2 amide bonds. The summed E-state index contributed by atoms with van der Waals surface area (Å²) in [6.45, 7) is 5.85. The van der Waals surface area contributed by atoms with E-state index in [9.17, 15) is 18.0 Å². The highest BCUT2D eigenvalue weighted by Gasteiger charge is 2.34. The molecule has 0 heterocycles. The van der Waals surface area contributed by atoms with Crippen molar-refractivity contribution < 1.29 is 27.5 Å². The molecule has 0 aromatic heterocycles. The van der Waals surface area contributed by atoms with Gasteiger partial charge in [-0.2, -0.15) is 0 Å². The number of benzene rings is 3. The lowest BCUT2D eigenvalue weighted by atomic mass is 10.1. The molecule has 0 bridgehead atoms. The minimum atomic E-state index is -4.20. The first kappa shape index (κ1) is 32.5. The smallest absolute Gasteiger partial charge is 0.264 e. The van der Waals surface area contributed by atoms with Crippen LogP contribution in [0.3, 0.4) is 0 Å². The third-order valence-electron chi connectivity index (χ3n) is 6.95. The van der Waals surface area contributed by atoms with Gasteiger partial charge in [-0.05, 0) is 49.6 Å². The van der Waals surface area contributed by atoms with E-state index in [4.69, 9.17) is 9.47 Å². The summed E-state index contributed by atoms with van der Waals surface area (Å²) in [7, 11) is -1.26. The molecule has 0 aliphatic heterocycles. The Morgan fingerprint density at radius 3 is 2.17 bits per heavy atom. The number of ether oxygens (including phenoxy) is 2. The maximum atomic E-state index is 14.2. The number of nitrogens with zero attached hydrogens (tertiary/aromatic N) is 2. The lowest BCUT2D eigenvalue weighted by Crippen LogP contribution is -2.52. The topological polar surface area (TPSA) is 105 Å². The van der Waals surface area contributed by atoms with Crippen LogP contribution in [-0.4, -0.2) is 58.5 Å². The standard InChI is InChI=1S/C32H41N3O6S/c1-6-8-20-33-32(37)28(7-2)34(22-25-12-10-9-11-13-25)31(36)23-35(26-16-19-29(40-4)30(21-26)41-5)42(38,39)27-17-14-24(3)15-18-27/h9-19,21,28H,6-8,20,22-23H2,1-5H3,(H,33,37). The first-order valence-corrected chi connectivity index (χ1v) is 15.5. The fourth-order valence-electron chi connectivity index (χ4n) is 4.55. The Hall–Kier alpha value is -4.05. The number of unbranched alkanes of at least 4 members (excludes halogenated alkanes) is 1. The highest BCUT2D eigenvalue weighted by Crippen LogP contribution is 2.34. The molecule has 0 aliphatic rings.